The van der Waals surface area contributed by atoms with E-state index >= 15 is 0 Å². The van der Waals surface area contributed by atoms with Gasteiger partial charge in [-0.3, -0.25) is 4.98 Å². The van der Waals surface area contributed by atoms with Crippen LogP contribution in [0.5, 0.6) is 0 Å². The lowest BCUT2D eigenvalue weighted by Crippen LogP contribution is -2.09. The van der Waals surface area contributed by atoms with Crippen LogP contribution in [0.4, 0.5) is 13.2 Å². The molecule has 106 valence electrons. The second-order valence-electron chi connectivity index (χ2n) is 4.01. The molecule has 0 saturated carbocycles. The van der Waals surface area contributed by atoms with Crippen LogP contribution >= 0.6 is 11.8 Å². The predicted molar refractivity (Wildman–Crippen MR) is 70.4 cm³/mol. The molecule has 2 N–H and O–H groups in total. The van der Waals surface area contributed by atoms with Gasteiger partial charge in [-0.25, -0.2) is 4.98 Å². The Kier molecular flexibility index (Phi) is 4.61. The fraction of sp³-hybridized carbons (Fsp3) is 0.231. The molecule has 2 rings (SSSR count). The third kappa shape index (κ3) is 3.71. The summed E-state index contributed by atoms with van der Waals surface area (Å²) in [6.07, 6.45) is 0.352. The Morgan fingerprint density at radius 3 is 2.60 bits per heavy atom. The normalized spacial score (nSPS) is 11.6. The van der Waals surface area contributed by atoms with Crippen LogP contribution in [0.1, 0.15) is 11.1 Å². The first-order valence-electron chi connectivity index (χ1n) is 5.85. The lowest BCUT2D eigenvalue weighted by atomic mass is 10.1. The standard InChI is InChI=1S/C13H12F3N3S/c14-13(15,16)10-7-9(3-4-17)1-2-11(10)20-12-8-18-5-6-19-12/h1-2,5-8H,3-4,17H2. The van der Waals surface area contributed by atoms with Gasteiger partial charge in [0.25, 0.3) is 0 Å². The number of hydrogen-bond acceptors (Lipinski definition) is 4. The lowest BCUT2D eigenvalue weighted by Gasteiger charge is -2.13. The van der Waals surface area contributed by atoms with E-state index in [1.54, 1.807) is 6.07 Å². The maximum Gasteiger partial charge on any atom is 0.417 e. The summed E-state index contributed by atoms with van der Waals surface area (Å²) in [7, 11) is 0. The molecule has 7 heteroatoms. The molecule has 1 aromatic heterocycles. The number of alkyl halides is 3. The molecule has 0 radical (unpaired) electrons. The zero-order valence-corrected chi connectivity index (χ0v) is 11.2. The van der Waals surface area contributed by atoms with Gasteiger partial charge in [-0.15, -0.1) is 0 Å². The van der Waals surface area contributed by atoms with Crippen molar-refractivity contribution >= 4 is 11.8 Å². The van der Waals surface area contributed by atoms with Crippen LogP contribution in [-0.2, 0) is 12.6 Å². The Morgan fingerprint density at radius 1 is 1.20 bits per heavy atom. The molecule has 0 atom stereocenters. The summed E-state index contributed by atoms with van der Waals surface area (Å²) in [6.45, 7) is 0.313. The minimum atomic E-state index is -4.41. The number of benzene rings is 1. The third-order valence-corrected chi connectivity index (χ3v) is 3.53. The minimum absolute atomic E-state index is 0.110. The summed E-state index contributed by atoms with van der Waals surface area (Å²) in [4.78, 5) is 7.92. The first-order valence-corrected chi connectivity index (χ1v) is 6.66. The van der Waals surface area contributed by atoms with E-state index in [2.05, 4.69) is 9.97 Å². The van der Waals surface area contributed by atoms with Gasteiger partial charge < -0.3 is 5.73 Å². The highest BCUT2D eigenvalue weighted by molar-refractivity contribution is 7.99. The largest absolute Gasteiger partial charge is 0.417 e. The number of nitrogens with zero attached hydrogens (tertiary/aromatic N) is 2. The van der Waals surface area contributed by atoms with Gasteiger partial charge in [0.2, 0.25) is 0 Å². The fourth-order valence-corrected chi connectivity index (χ4v) is 2.53. The van der Waals surface area contributed by atoms with Gasteiger partial charge >= 0.3 is 6.18 Å². The summed E-state index contributed by atoms with van der Waals surface area (Å²) in [5, 5.41) is 0.421. The molecule has 1 aromatic carbocycles. The van der Waals surface area contributed by atoms with Crippen LogP contribution in [0.2, 0.25) is 0 Å². The van der Waals surface area contributed by atoms with Crippen LogP contribution in [0.3, 0.4) is 0 Å². The molecule has 0 aliphatic rings. The van der Waals surface area contributed by atoms with Crippen molar-refractivity contribution in [2.24, 2.45) is 5.73 Å². The number of aromatic nitrogens is 2. The number of hydrogen-bond donors (Lipinski definition) is 1. The van der Waals surface area contributed by atoms with Crippen molar-refractivity contribution < 1.29 is 13.2 Å². The topological polar surface area (TPSA) is 51.8 Å². The molecule has 2 aromatic rings. The van der Waals surface area contributed by atoms with E-state index in [-0.39, 0.29) is 4.90 Å². The molecule has 0 saturated heterocycles. The van der Waals surface area contributed by atoms with Crippen molar-refractivity contribution in [3.05, 3.63) is 47.9 Å². The van der Waals surface area contributed by atoms with Crippen molar-refractivity contribution in [2.75, 3.05) is 6.54 Å². The summed E-state index contributed by atoms with van der Waals surface area (Å²) < 4.78 is 39.3. The van der Waals surface area contributed by atoms with Crippen LogP contribution in [0.15, 0.2) is 46.7 Å². The molecular formula is C13H12F3N3S. The molecule has 0 amide bonds. The summed E-state index contributed by atoms with van der Waals surface area (Å²) >= 11 is 0.943. The predicted octanol–water partition coefficient (Wildman–Crippen LogP) is 3.15. The molecule has 0 spiro atoms. The zero-order valence-electron chi connectivity index (χ0n) is 10.4. The first kappa shape index (κ1) is 14.8. The van der Waals surface area contributed by atoms with Crippen molar-refractivity contribution in [2.45, 2.75) is 22.5 Å². The SMILES string of the molecule is NCCc1ccc(Sc2cnccn2)c(C(F)(F)F)c1. The average molecular weight is 299 g/mol. The molecule has 3 nitrogen and oxygen atoms in total. The lowest BCUT2D eigenvalue weighted by molar-refractivity contribution is -0.139. The Balaban J connectivity index is 2.37. The van der Waals surface area contributed by atoms with Crippen molar-refractivity contribution in [1.82, 2.24) is 9.97 Å². The van der Waals surface area contributed by atoms with Crippen LogP contribution in [0, 0.1) is 0 Å². The number of halogens is 3. The Hall–Kier alpha value is -1.60. The van der Waals surface area contributed by atoms with E-state index in [0.29, 0.717) is 23.6 Å². The average Bonchev–Trinajstić information content (AvgIpc) is 2.41. The number of nitrogens with two attached hydrogens (primary N) is 1. The smallest absolute Gasteiger partial charge is 0.330 e. The molecule has 0 fully saturated rings. The molecule has 1 heterocycles. The fourth-order valence-electron chi connectivity index (χ4n) is 1.66. The van der Waals surface area contributed by atoms with E-state index in [9.17, 15) is 13.2 Å². The Morgan fingerprint density at radius 2 is 2.00 bits per heavy atom. The highest BCUT2D eigenvalue weighted by Crippen LogP contribution is 2.39. The Bertz CT molecular complexity index is 573. The molecular weight excluding hydrogens is 287 g/mol. The van der Waals surface area contributed by atoms with Gasteiger partial charge in [0, 0.05) is 17.3 Å². The zero-order chi connectivity index (χ0) is 14.6. The molecule has 0 bridgehead atoms. The molecule has 0 aliphatic carbocycles. The summed E-state index contributed by atoms with van der Waals surface area (Å²) in [5.74, 6) is 0. The van der Waals surface area contributed by atoms with Gasteiger partial charge in [0.1, 0.15) is 5.03 Å². The maximum atomic E-state index is 13.1. The minimum Gasteiger partial charge on any atom is -0.330 e. The van der Waals surface area contributed by atoms with E-state index in [4.69, 9.17) is 5.73 Å². The van der Waals surface area contributed by atoms with Gasteiger partial charge in [-0.05, 0) is 30.7 Å². The molecule has 0 aliphatic heterocycles. The summed E-state index contributed by atoms with van der Waals surface area (Å²) in [5.41, 5.74) is 5.28. The number of rotatable bonds is 4. The maximum absolute atomic E-state index is 13.1. The van der Waals surface area contributed by atoms with Crippen LogP contribution < -0.4 is 5.73 Å². The van der Waals surface area contributed by atoms with Crippen molar-refractivity contribution in [1.29, 1.82) is 0 Å². The molecule has 0 unspecified atom stereocenters. The molecule has 20 heavy (non-hydrogen) atoms. The van der Waals surface area contributed by atoms with Gasteiger partial charge in [0.05, 0.1) is 11.8 Å². The summed E-state index contributed by atoms with van der Waals surface area (Å²) in [6, 6.07) is 4.25. The second-order valence-corrected chi connectivity index (χ2v) is 5.07. The van der Waals surface area contributed by atoms with E-state index in [1.807, 2.05) is 0 Å². The van der Waals surface area contributed by atoms with E-state index in [1.165, 1.54) is 24.7 Å². The quantitative estimate of drug-likeness (QED) is 0.942. The highest BCUT2D eigenvalue weighted by atomic mass is 32.2. The second kappa shape index (κ2) is 6.23. The Labute approximate surface area is 118 Å². The third-order valence-electron chi connectivity index (χ3n) is 2.54. The van der Waals surface area contributed by atoms with Gasteiger partial charge in [0.15, 0.2) is 0 Å². The van der Waals surface area contributed by atoms with Gasteiger partial charge in [-0.2, -0.15) is 13.2 Å². The van der Waals surface area contributed by atoms with Crippen LogP contribution in [-0.4, -0.2) is 16.5 Å². The van der Waals surface area contributed by atoms with Crippen LogP contribution in [0.25, 0.3) is 0 Å². The highest BCUT2D eigenvalue weighted by Gasteiger charge is 2.34. The van der Waals surface area contributed by atoms with E-state index in [0.717, 1.165) is 17.8 Å². The van der Waals surface area contributed by atoms with E-state index < -0.39 is 11.7 Å². The van der Waals surface area contributed by atoms with Gasteiger partial charge in [-0.1, -0.05) is 17.8 Å². The monoisotopic (exact) mass is 299 g/mol. The van der Waals surface area contributed by atoms with Crippen molar-refractivity contribution in [3.8, 4) is 0 Å². The first-order chi connectivity index (χ1) is 9.50. The van der Waals surface area contributed by atoms with Crippen molar-refractivity contribution in [3.63, 3.8) is 0 Å².